The summed E-state index contributed by atoms with van der Waals surface area (Å²) in [4.78, 5) is 17.7. The molecule has 1 heterocycles. The third kappa shape index (κ3) is 4.76. The van der Waals surface area contributed by atoms with Crippen molar-refractivity contribution in [1.29, 1.82) is 0 Å². The first-order chi connectivity index (χ1) is 11.5. The Labute approximate surface area is 148 Å². The van der Waals surface area contributed by atoms with Crippen LogP contribution in [0.15, 0.2) is 28.1 Å². The van der Waals surface area contributed by atoms with Crippen LogP contribution in [0.3, 0.4) is 0 Å². The molecule has 1 saturated carbocycles. The van der Waals surface area contributed by atoms with Crippen molar-refractivity contribution in [3.05, 3.63) is 22.9 Å². The van der Waals surface area contributed by atoms with Gasteiger partial charge in [0.05, 0.1) is 10.7 Å². The number of oxime groups is 1. The van der Waals surface area contributed by atoms with Gasteiger partial charge in [-0.15, -0.1) is 0 Å². The normalized spacial score (nSPS) is 21.4. The number of nitrogens with zero attached hydrogens (tertiary/aromatic N) is 1. The lowest BCUT2D eigenvalue weighted by Gasteiger charge is -2.36. The van der Waals surface area contributed by atoms with Crippen molar-refractivity contribution in [2.45, 2.75) is 70.3 Å². The number of ether oxygens (including phenoxy) is 1. The van der Waals surface area contributed by atoms with Crippen LogP contribution in [0.25, 0.3) is 0 Å². The lowest BCUT2D eigenvalue weighted by Crippen LogP contribution is -2.41. The van der Waals surface area contributed by atoms with E-state index in [0.29, 0.717) is 23.6 Å². The minimum Gasteiger partial charge on any atom is -0.511 e. The molecule has 2 aliphatic rings. The molecule has 24 heavy (non-hydrogen) atoms. The highest BCUT2D eigenvalue weighted by atomic mass is 35.5. The second kappa shape index (κ2) is 8.56. The van der Waals surface area contributed by atoms with E-state index in [9.17, 15) is 9.90 Å². The Morgan fingerprint density at radius 2 is 2.04 bits per heavy atom. The molecule has 0 bridgehead atoms. The SMILES string of the molecule is C=C(Cl)CO/N=C(/CCC)C1=C(O)CC2(CCCCCC2)OC1=O. The van der Waals surface area contributed by atoms with Gasteiger partial charge >= 0.3 is 5.97 Å². The van der Waals surface area contributed by atoms with E-state index < -0.39 is 11.6 Å². The molecule has 0 saturated heterocycles. The van der Waals surface area contributed by atoms with Gasteiger partial charge in [-0.2, -0.15) is 0 Å². The van der Waals surface area contributed by atoms with Crippen molar-refractivity contribution in [3.8, 4) is 0 Å². The summed E-state index contributed by atoms with van der Waals surface area (Å²) >= 11 is 5.65. The van der Waals surface area contributed by atoms with E-state index in [1.54, 1.807) is 0 Å². The van der Waals surface area contributed by atoms with Crippen LogP contribution in [0.5, 0.6) is 0 Å². The summed E-state index contributed by atoms with van der Waals surface area (Å²) in [6, 6.07) is 0. The van der Waals surface area contributed by atoms with E-state index in [0.717, 1.165) is 44.9 Å². The maximum atomic E-state index is 12.6. The van der Waals surface area contributed by atoms with Crippen molar-refractivity contribution < 1.29 is 19.5 Å². The molecule has 2 rings (SSSR count). The van der Waals surface area contributed by atoms with Gasteiger partial charge in [0.25, 0.3) is 0 Å². The zero-order chi connectivity index (χ0) is 17.6. The van der Waals surface area contributed by atoms with Gasteiger partial charge in [0, 0.05) is 6.42 Å². The minimum absolute atomic E-state index is 0.0573. The van der Waals surface area contributed by atoms with Crippen molar-refractivity contribution in [2.75, 3.05) is 6.61 Å². The smallest absolute Gasteiger partial charge is 0.344 e. The van der Waals surface area contributed by atoms with E-state index in [-0.39, 0.29) is 17.9 Å². The summed E-state index contributed by atoms with van der Waals surface area (Å²) in [5.41, 5.74) is -0.00247. The molecule has 0 amide bonds. The molecule has 1 N–H and O–H groups in total. The van der Waals surface area contributed by atoms with Crippen LogP contribution in [-0.4, -0.2) is 29.0 Å². The fraction of sp³-hybridized carbons (Fsp3) is 0.667. The molecule has 0 atom stereocenters. The van der Waals surface area contributed by atoms with Gasteiger partial charge in [-0.3, -0.25) is 0 Å². The molecule has 1 aliphatic heterocycles. The van der Waals surface area contributed by atoms with E-state index in [4.69, 9.17) is 21.2 Å². The topological polar surface area (TPSA) is 68.1 Å². The van der Waals surface area contributed by atoms with E-state index in [2.05, 4.69) is 11.7 Å². The number of carbonyl (C=O) groups excluding carboxylic acids is 1. The van der Waals surface area contributed by atoms with E-state index in [1.165, 1.54) is 0 Å². The monoisotopic (exact) mass is 355 g/mol. The van der Waals surface area contributed by atoms with Gasteiger partial charge in [0.15, 0.2) is 6.61 Å². The predicted molar refractivity (Wildman–Crippen MR) is 94.1 cm³/mol. The maximum Gasteiger partial charge on any atom is 0.344 e. The van der Waals surface area contributed by atoms with Gasteiger partial charge in [0.1, 0.15) is 16.9 Å². The Hall–Kier alpha value is -1.49. The quantitative estimate of drug-likeness (QED) is 0.423. The minimum atomic E-state index is -0.552. The molecule has 0 aromatic heterocycles. The largest absolute Gasteiger partial charge is 0.511 e. The van der Waals surface area contributed by atoms with Gasteiger partial charge in [-0.1, -0.05) is 49.5 Å². The molecule has 5 nitrogen and oxygen atoms in total. The molecule has 1 aliphatic carbocycles. The molecule has 0 unspecified atom stereocenters. The average molecular weight is 356 g/mol. The average Bonchev–Trinajstić information content (AvgIpc) is 2.71. The second-order valence-electron chi connectivity index (χ2n) is 6.56. The molecular formula is C18H26ClNO4. The molecule has 0 aromatic carbocycles. The van der Waals surface area contributed by atoms with Crippen molar-refractivity contribution >= 4 is 23.3 Å². The Bertz CT molecular complexity index is 545. The first kappa shape index (κ1) is 18.8. The van der Waals surface area contributed by atoms with Crippen LogP contribution in [-0.2, 0) is 14.4 Å². The Kier molecular flexibility index (Phi) is 6.72. The van der Waals surface area contributed by atoms with Crippen molar-refractivity contribution in [3.63, 3.8) is 0 Å². The van der Waals surface area contributed by atoms with Crippen LogP contribution in [0.4, 0.5) is 0 Å². The summed E-state index contributed by atoms with van der Waals surface area (Å²) < 4.78 is 5.80. The van der Waals surface area contributed by atoms with Crippen LogP contribution in [0, 0.1) is 0 Å². The van der Waals surface area contributed by atoms with Crippen molar-refractivity contribution in [1.82, 2.24) is 0 Å². The Morgan fingerprint density at radius 1 is 1.38 bits per heavy atom. The third-order valence-electron chi connectivity index (χ3n) is 4.48. The number of carbonyl (C=O) groups is 1. The summed E-state index contributed by atoms with van der Waals surface area (Å²) in [6.45, 7) is 5.55. The molecule has 1 spiro atoms. The zero-order valence-electron chi connectivity index (χ0n) is 14.3. The molecule has 134 valence electrons. The maximum absolute atomic E-state index is 12.6. The van der Waals surface area contributed by atoms with Gasteiger partial charge in [-0.25, -0.2) is 4.79 Å². The van der Waals surface area contributed by atoms with E-state index in [1.807, 2.05) is 6.92 Å². The lowest BCUT2D eigenvalue weighted by atomic mass is 9.85. The first-order valence-corrected chi connectivity index (χ1v) is 9.03. The molecule has 0 radical (unpaired) electrons. The molecular weight excluding hydrogens is 330 g/mol. The number of aliphatic hydroxyl groups excluding tert-OH is 1. The standard InChI is InChI=1S/C18H26ClNO4/c1-3-8-14(20-23-12-13(2)19)16-15(21)11-18(24-17(16)22)9-6-4-5-7-10-18/h21H,2-12H2,1H3/b20-14-. The van der Waals surface area contributed by atoms with Crippen LogP contribution >= 0.6 is 11.6 Å². The van der Waals surface area contributed by atoms with Gasteiger partial charge < -0.3 is 14.7 Å². The lowest BCUT2D eigenvalue weighted by molar-refractivity contribution is -0.159. The fourth-order valence-corrected chi connectivity index (χ4v) is 3.41. The molecule has 1 fully saturated rings. The summed E-state index contributed by atoms with van der Waals surface area (Å²) in [5, 5.41) is 14.9. The number of esters is 1. The summed E-state index contributed by atoms with van der Waals surface area (Å²) in [5.74, 6) is -0.435. The van der Waals surface area contributed by atoms with Crippen LogP contribution in [0.1, 0.15) is 64.7 Å². The summed E-state index contributed by atoms with van der Waals surface area (Å²) in [6.07, 6.45) is 7.58. The van der Waals surface area contributed by atoms with Crippen LogP contribution in [0.2, 0.25) is 0 Å². The highest BCUT2D eigenvalue weighted by Crippen LogP contribution is 2.40. The number of halogens is 1. The molecule has 6 heteroatoms. The highest BCUT2D eigenvalue weighted by molar-refractivity contribution is 6.29. The fourth-order valence-electron chi connectivity index (χ4n) is 3.36. The Balaban J connectivity index is 2.22. The van der Waals surface area contributed by atoms with E-state index >= 15 is 0 Å². The first-order valence-electron chi connectivity index (χ1n) is 8.65. The second-order valence-corrected chi connectivity index (χ2v) is 7.10. The summed E-state index contributed by atoms with van der Waals surface area (Å²) in [7, 11) is 0. The van der Waals surface area contributed by atoms with Gasteiger partial charge in [0.2, 0.25) is 0 Å². The predicted octanol–water partition coefficient (Wildman–Crippen LogP) is 4.76. The Morgan fingerprint density at radius 3 is 2.58 bits per heavy atom. The van der Waals surface area contributed by atoms with Crippen LogP contribution < -0.4 is 0 Å². The number of rotatable bonds is 6. The number of hydrogen-bond donors (Lipinski definition) is 1. The number of aliphatic hydroxyl groups is 1. The number of hydrogen-bond acceptors (Lipinski definition) is 5. The highest BCUT2D eigenvalue weighted by Gasteiger charge is 2.43. The van der Waals surface area contributed by atoms with Gasteiger partial charge in [-0.05, 0) is 32.1 Å². The van der Waals surface area contributed by atoms with Crippen molar-refractivity contribution in [2.24, 2.45) is 5.16 Å². The molecule has 0 aromatic rings. The zero-order valence-corrected chi connectivity index (χ0v) is 15.0. The third-order valence-corrected chi connectivity index (χ3v) is 4.59.